The zero-order valence-corrected chi connectivity index (χ0v) is 17.9. The minimum atomic E-state index is 0.400. The first-order chi connectivity index (χ1) is 13.0. The third kappa shape index (κ3) is 4.68. The summed E-state index contributed by atoms with van der Waals surface area (Å²) in [6.07, 6.45) is 5.05. The molecule has 3 aromatic rings. The largest absolute Gasteiger partial charge is 0.371 e. The van der Waals surface area contributed by atoms with Gasteiger partial charge in [0.05, 0.1) is 11.9 Å². The Morgan fingerprint density at radius 1 is 1.11 bits per heavy atom. The molecule has 0 bridgehead atoms. The van der Waals surface area contributed by atoms with Crippen LogP contribution in [0.3, 0.4) is 0 Å². The second-order valence-electron chi connectivity index (χ2n) is 7.31. The Bertz CT molecular complexity index is 864. The maximum Gasteiger partial charge on any atom is 0.156 e. The third-order valence-electron chi connectivity index (χ3n) is 4.76. The molecule has 0 aliphatic carbocycles. The van der Waals surface area contributed by atoms with Crippen molar-refractivity contribution in [2.45, 2.75) is 54.9 Å². The monoisotopic (exact) mass is 366 g/mol. The van der Waals surface area contributed by atoms with Crippen LogP contribution < -0.4 is 4.90 Å². The molecule has 0 unspecified atom stereocenters. The molecule has 4 nitrogen and oxygen atoms in total. The Morgan fingerprint density at radius 2 is 1.85 bits per heavy atom. The van der Waals surface area contributed by atoms with Gasteiger partial charge in [-0.25, -0.2) is 9.97 Å². The van der Waals surface area contributed by atoms with Crippen molar-refractivity contribution in [1.82, 2.24) is 15.0 Å². The maximum atomic E-state index is 4.79. The van der Waals surface area contributed by atoms with E-state index in [4.69, 9.17) is 4.98 Å². The molecule has 0 saturated carbocycles. The Kier molecular flexibility index (Phi) is 7.00. The topological polar surface area (TPSA) is 44.8 Å². The number of aryl methyl sites for hydroxylation is 1. The Balaban J connectivity index is 0.000000614. The van der Waals surface area contributed by atoms with E-state index >= 15 is 0 Å². The highest BCUT2D eigenvalue weighted by atomic mass is 15.2. The van der Waals surface area contributed by atoms with Crippen LogP contribution >= 0.6 is 0 Å². The molecule has 1 N–H and O–H groups in total. The summed E-state index contributed by atoms with van der Waals surface area (Å²) in [5.74, 6) is 0. The van der Waals surface area contributed by atoms with Crippen LogP contribution in [-0.4, -0.2) is 28.0 Å². The van der Waals surface area contributed by atoms with E-state index in [1.54, 1.807) is 0 Å². The van der Waals surface area contributed by atoms with Crippen molar-refractivity contribution in [3.63, 3.8) is 0 Å². The number of nitrogens with zero attached hydrogens (tertiary/aromatic N) is 3. The van der Waals surface area contributed by atoms with Gasteiger partial charge in [-0.15, -0.1) is 0 Å². The lowest BCUT2D eigenvalue weighted by molar-refractivity contribution is 0.418. The summed E-state index contributed by atoms with van der Waals surface area (Å²) in [6.45, 7) is 17.0. The number of benzene rings is 1. The SMILES string of the molecule is CC.CC.Cc1c[nH]c2ncc(-c3cccc(N4CCC(C)(C)C4)c3)nc12. The van der Waals surface area contributed by atoms with E-state index in [1.165, 1.54) is 12.1 Å². The van der Waals surface area contributed by atoms with E-state index in [9.17, 15) is 0 Å². The molecule has 1 fully saturated rings. The lowest BCUT2D eigenvalue weighted by Gasteiger charge is -2.22. The summed E-state index contributed by atoms with van der Waals surface area (Å²) in [6, 6.07) is 8.66. The van der Waals surface area contributed by atoms with Crippen molar-refractivity contribution >= 4 is 16.9 Å². The normalized spacial score (nSPS) is 15.0. The molecule has 2 aromatic heterocycles. The van der Waals surface area contributed by atoms with E-state index in [0.29, 0.717) is 5.41 Å². The van der Waals surface area contributed by atoms with E-state index < -0.39 is 0 Å². The molecule has 1 aromatic carbocycles. The van der Waals surface area contributed by atoms with Crippen LogP contribution in [0, 0.1) is 12.3 Å². The molecular weight excluding hydrogens is 332 g/mol. The fourth-order valence-electron chi connectivity index (χ4n) is 3.35. The van der Waals surface area contributed by atoms with Gasteiger partial charge in [-0.05, 0) is 36.5 Å². The van der Waals surface area contributed by atoms with Crippen LogP contribution in [0.1, 0.15) is 53.5 Å². The number of hydrogen-bond acceptors (Lipinski definition) is 3. The lowest BCUT2D eigenvalue weighted by atomic mass is 9.93. The zero-order valence-electron chi connectivity index (χ0n) is 17.9. The van der Waals surface area contributed by atoms with Crippen molar-refractivity contribution < 1.29 is 0 Å². The minimum Gasteiger partial charge on any atom is -0.371 e. The summed E-state index contributed by atoms with van der Waals surface area (Å²) >= 11 is 0. The first-order valence-corrected chi connectivity index (χ1v) is 10.2. The zero-order chi connectivity index (χ0) is 20.0. The number of rotatable bonds is 2. The highest BCUT2D eigenvalue weighted by Gasteiger charge is 2.29. The quantitative estimate of drug-likeness (QED) is 0.585. The van der Waals surface area contributed by atoms with Gasteiger partial charge in [0.2, 0.25) is 0 Å². The smallest absolute Gasteiger partial charge is 0.156 e. The predicted molar refractivity (Wildman–Crippen MR) is 117 cm³/mol. The van der Waals surface area contributed by atoms with Gasteiger partial charge in [-0.1, -0.05) is 53.7 Å². The molecule has 4 rings (SSSR count). The molecule has 4 heteroatoms. The molecule has 0 atom stereocenters. The van der Waals surface area contributed by atoms with Gasteiger partial charge in [-0.3, -0.25) is 0 Å². The maximum absolute atomic E-state index is 4.79. The number of anilines is 1. The molecule has 0 spiro atoms. The van der Waals surface area contributed by atoms with Crippen LogP contribution in [0.25, 0.3) is 22.4 Å². The van der Waals surface area contributed by atoms with Crippen molar-refractivity contribution in [2.75, 3.05) is 18.0 Å². The van der Waals surface area contributed by atoms with Gasteiger partial charge >= 0.3 is 0 Å². The molecule has 0 radical (unpaired) electrons. The Morgan fingerprint density at radius 3 is 2.52 bits per heavy atom. The number of nitrogens with one attached hydrogen (secondary N) is 1. The van der Waals surface area contributed by atoms with Crippen molar-refractivity contribution in [2.24, 2.45) is 5.41 Å². The van der Waals surface area contributed by atoms with E-state index in [1.807, 2.05) is 40.1 Å². The molecule has 146 valence electrons. The molecule has 1 aliphatic rings. The summed E-state index contributed by atoms with van der Waals surface area (Å²) in [4.78, 5) is 14.9. The van der Waals surface area contributed by atoms with Crippen LogP contribution in [0.5, 0.6) is 0 Å². The van der Waals surface area contributed by atoms with Crippen molar-refractivity contribution in [3.8, 4) is 11.3 Å². The summed E-state index contributed by atoms with van der Waals surface area (Å²) in [5.41, 5.74) is 6.67. The first kappa shape index (κ1) is 20.9. The molecule has 27 heavy (non-hydrogen) atoms. The number of aromatic nitrogens is 3. The average molecular weight is 367 g/mol. The standard InChI is InChI=1S/C19H22N4.2C2H6/c1-13-10-20-18-17(13)22-16(11-21-18)14-5-4-6-15(9-14)23-8-7-19(2,3)12-23;2*1-2/h4-6,9-11H,7-8,12H2,1-3H3,(H,20,21);2*1-2H3. The highest BCUT2D eigenvalue weighted by molar-refractivity contribution is 5.78. The van der Waals surface area contributed by atoms with Gasteiger partial charge in [0.25, 0.3) is 0 Å². The minimum absolute atomic E-state index is 0.400. The second-order valence-corrected chi connectivity index (χ2v) is 7.31. The fraction of sp³-hybridized carbons (Fsp3) is 0.478. The highest BCUT2D eigenvalue weighted by Crippen LogP contribution is 2.34. The van der Waals surface area contributed by atoms with Crippen LogP contribution in [-0.2, 0) is 0 Å². The molecule has 3 heterocycles. The van der Waals surface area contributed by atoms with E-state index in [0.717, 1.165) is 41.1 Å². The Labute approximate surface area is 164 Å². The lowest BCUT2D eigenvalue weighted by Crippen LogP contribution is -2.22. The van der Waals surface area contributed by atoms with Crippen LogP contribution in [0.4, 0.5) is 5.69 Å². The number of hydrogen-bond donors (Lipinski definition) is 1. The molecule has 1 aliphatic heterocycles. The van der Waals surface area contributed by atoms with Gasteiger partial charge in [0, 0.05) is 30.5 Å². The fourth-order valence-corrected chi connectivity index (χ4v) is 3.35. The van der Waals surface area contributed by atoms with Gasteiger partial charge < -0.3 is 9.88 Å². The first-order valence-electron chi connectivity index (χ1n) is 10.2. The summed E-state index contributed by atoms with van der Waals surface area (Å²) in [5, 5.41) is 0. The van der Waals surface area contributed by atoms with Crippen LogP contribution in [0.2, 0.25) is 0 Å². The average Bonchev–Trinajstić information content (AvgIpc) is 3.27. The van der Waals surface area contributed by atoms with E-state index in [-0.39, 0.29) is 0 Å². The number of H-pyrrole nitrogens is 1. The van der Waals surface area contributed by atoms with Gasteiger partial charge in [0.15, 0.2) is 5.65 Å². The van der Waals surface area contributed by atoms with Crippen molar-refractivity contribution in [3.05, 3.63) is 42.2 Å². The number of fused-ring (bicyclic) bond motifs is 1. The summed E-state index contributed by atoms with van der Waals surface area (Å²) in [7, 11) is 0. The molecule has 0 amide bonds. The second kappa shape index (κ2) is 9.03. The molecular formula is C23H34N4. The van der Waals surface area contributed by atoms with E-state index in [2.05, 4.69) is 59.9 Å². The third-order valence-corrected chi connectivity index (χ3v) is 4.76. The predicted octanol–water partition coefficient (Wildman–Crippen LogP) is 6.22. The molecule has 1 saturated heterocycles. The Hall–Kier alpha value is -2.36. The van der Waals surface area contributed by atoms with Crippen molar-refractivity contribution in [1.29, 1.82) is 0 Å². The van der Waals surface area contributed by atoms with Gasteiger partial charge in [0.1, 0.15) is 5.52 Å². The van der Waals surface area contributed by atoms with Crippen LogP contribution in [0.15, 0.2) is 36.7 Å². The summed E-state index contributed by atoms with van der Waals surface area (Å²) < 4.78 is 0. The number of aromatic amines is 1. The van der Waals surface area contributed by atoms with Gasteiger partial charge in [-0.2, -0.15) is 0 Å².